The van der Waals surface area contributed by atoms with Crippen LogP contribution in [0.1, 0.15) is 50.0 Å². The van der Waals surface area contributed by atoms with Gasteiger partial charge in [0.25, 0.3) is 0 Å². The molecule has 0 spiro atoms. The van der Waals surface area contributed by atoms with Crippen LogP contribution in [0.2, 0.25) is 0 Å². The molecule has 0 unspecified atom stereocenters. The molecule has 138 valence electrons. The number of fused-ring (bicyclic) bond motifs is 2. The number of hydrogen-bond donors (Lipinski definition) is 0. The second-order valence-electron chi connectivity index (χ2n) is 8.19. The zero-order valence-electron chi connectivity index (χ0n) is 15.2. The Balaban J connectivity index is 1.51. The number of amides is 1. The molecule has 1 saturated carbocycles. The van der Waals surface area contributed by atoms with Gasteiger partial charge in [-0.3, -0.25) is 4.79 Å². The first kappa shape index (κ1) is 16.2. The molecule has 2 fully saturated rings. The molecule has 1 amide bonds. The summed E-state index contributed by atoms with van der Waals surface area (Å²) < 4.78 is 11.1. The number of allylic oxidation sites excluding steroid dienone is 2. The second-order valence-corrected chi connectivity index (χ2v) is 8.19. The third-order valence-corrected chi connectivity index (χ3v) is 6.77. The molecule has 4 aliphatic rings. The first-order valence-electron chi connectivity index (χ1n) is 10.2. The predicted molar refractivity (Wildman–Crippen MR) is 99.2 cm³/mol. The lowest BCUT2D eigenvalue weighted by Gasteiger charge is -2.43. The first-order chi connectivity index (χ1) is 12.8. The highest BCUT2D eigenvalue weighted by molar-refractivity contribution is 5.81. The Labute approximate surface area is 155 Å². The molecule has 4 atom stereocenters. The first-order valence-corrected chi connectivity index (χ1v) is 10.2. The highest BCUT2D eigenvalue weighted by Gasteiger charge is 2.44. The van der Waals surface area contributed by atoms with Crippen molar-refractivity contribution in [2.24, 2.45) is 17.8 Å². The largest absolute Gasteiger partial charge is 0.454 e. The Bertz CT molecular complexity index is 722. The molecule has 4 heteroatoms. The van der Waals surface area contributed by atoms with Crippen molar-refractivity contribution in [2.45, 2.75) is 44.4 Å². The van der Waals surface area contributed by atoms with Crippen molar-refractivity contribution in [3.63, 3.8) is 0 Å². The van der Waals surface area contributed by atoms with Gasteiger partial charge < -0.3 is 14.4 Å². The second kappa shape index (κ2) is 6.64. The van der Waals surface area contributed by atoms with Crippen LogP contribution in [0.4, 0.5) is 0 Å². The van der Waals surface area contributed by atoms with Crippen LogP contribution in [0.15, 0.2) is 30.4 Å². The topological polar surface area (TPSA) is 38.8 Å². The molecule has 0 radical (unpaired) electrons. The summed E-state index contributed by atoms with van der Waals surface area (Å²) in [6, 6.07) is 6.20. The van der Waals surface area contributed by atoms with Gasteiger partial charge in [-0.25, -0.2) is 0 Å². The van der Waals surface area contributed by atoms with E-state index in [9.17, 15) is 4.79 Å². The van der Waals surface area contributed by atoms with Crippen LogP contribution in [-0.4, -0.2) is 30.7 Å². The maximum absolute atomic E-state index is 13.5. The van der Waals surface area contributed by atoms with Gasteiger partial charge in [-0.05, 0) is 55.2 Å². The lowest BCUT2D eigenvalue weighted by atomic mass is 9.63. The third-order valence-electron chi connectivity index (χ3n) is 6.77. The van der Waals surface area contributed by atoms with Crippen LogP contribution < -0.4 is 9.47 Å². The number of ether oxygens (including phenoxy) is 2. The van der Waals surface area contributed by atoms with Crippen LogP contribution in [0, 0.1) is 17.8 Å². The molecular weight excluding hydrogens is 326 g/mol. The Morgan fingerprint density at radius 1 is 0.962 bits per heavy atom. The van der Waals surface area contributed by atoms with Crippen molar-refractivity contribution in [3.05, 3.63) is 35.9 Å². The molecule has 0 bridgehead atoms. The fourth-order valence-electron chi connectivity index (χ4n) is 5.45. The number of likely N-dealkylation sites (tertiary alicyclic amines) is 1. The van der Waals surface area contributed by atoms with Crippen LogP contribution in [-0.2, 0) is 4.79 Å². The van der Waals surface area contributed by atoms with Crippen LogP contribution in [0.25, 0.3) is 0 Å². The van der Waals surface area contributed by atoms with Gasteiger partial charge in [-0.15, -0.1) is 0 Å². The smallest absolute Gasteiger partial charge is 0.231 e. The summed E-state index contributed by atoms with van der Waals surface area (Å²) >= 11 is 0. The Kier molecular flexibility index (Phi) is 4.14. The number of benzene rings is 1. The fourth-order valence-corrected chi connectivity index (χ4v) is 5.45. The number of carbonyl (C=O) groups excluding carboxylic acids is 1. The van der Waals surface area contributed by atoms with Gasteiger partial charge >= 0.3 is 0 Å². The predicted octanol–water partition coefficient (Wildman–Crippen LogP) is 4.11. The average Bonchev–Trinajstić information content (AvgIpc) is 3.37. The molecule has 5 rings (SSSR count). The number of nitrogens with zero attached hydrogens (tertiary/aromatic N) is 1. The average molecular weight is 353 g/mol. The van der Waals surface area contributed by atoms with E-state index in [1.807, 2.05) is 6.07 Å². The van der Waals surface area contributed by atoms with E-state index in [1.165, 1.54) is 31.2 Å². The normalized spacial score (nSPS) is 32.5. The molecular formula is C22H27NO3. The summed E-state index contributed by atoms with van der Waals surface area (Å²) in [5.74, 6) is 3.29. The summed E-state index contributed by atoms with van der Waals surface area (Å²) in [5.41, 5.74) is 1.19. The molecule has 2 aliphatic heterocycles. The van der Waals surface area contributed by atoms with E-state index in [0.717, 1.165) is 37.4 Å². The van der Waals surface area contributed by atoms with Crippen molar-refractivity contribution >= 4 is 5.91 Å². The Hall–Kier alpha value is -1.97. The Morgan fingerprint density at radius 3 is 2.65 bits per heavy atom. The van der Waals surface area contributed by atoms with Crippen molar-refractivity contribution in [3.8, 4) is 11.5 Å². The lowest BCUT2D eigenvalue weighted by molar-refractivity contribution is -0.138. The Morgan fingerprint density at radius 2 is 1.77 bits per heavy atom. The minimum absolute atomic E-state index is 0.0729. The van der Waals surface area contributed by atoms with Crippen molar-refractivity contribution < 1.29 is 14.3 Å². The van der Waals surface area contributed by atoms with E-state index in [0.29, 0.717) is 24.5 Å². The fraction of sp³-hybridized carbons (Fsp3) is 0.591. The maximum Gasteiger partial charge on any atom is 0.231 e. The summed E-state index contributed by atoms with van der Waals surface area (Å²) in [6.45, 7) is 2.16. The monoisotopic (exact) mass is 353 g/mol. The summed E-state index contributed by atoms with van der Waals surface area (Å²) in [6.07, 6.45) is 12.0. The van der Waals surface area contributed by atoms with Crippen molar-refractivity contribution in [2.75, 3.05) is 19.9 Å². The van der Waals surface area contributed by atoms with E-state index in [-0.39, 0.29) is 11.8 Å². The quantitative estimate of drug-likeness (QED) is 0.751. The SMILES string of the molecule is O=C([C@@H]1[C@H]2CCCC[C@@H]2C=C[C@@H]1c1ccc2c(c1)OCO2)N1CCCC1. The zero-order chi connectivity index (χ0) is 17.5. The molecule has 1 aromatic carbocycles. The van der Waals surface area contributed by atoms with E-state index < -0.39 is 0 Å². The van der Waals surface area contributed by atoms with Crippen LogP contribution in [0.3, 0.4) is 0 Å². The summed E-state index contributed by atoms with van der Waals surface area (Å²) in [5, 5.41) is 0. The van der Waals surface area contributed by atoms with E-state index in [1.54, 1.807) is 0 Å². The van der Waals surface area contributed by atoms with Crippen LogP contribution in [0.5, 0.6) is 11.5 Å². The van der Waals surface area contributed by atoms with Gasteiger partial charge in [0.1, 0.15) is 0 Å². The highest BCUT2D eigenvalue weighted by atomic mass is 16.7. The molecule has 1 aromatic rings. The van der Waals surface area contributed by atoms with E-state index in [2.05, 4.69) is 29.2 Å². The van der Waals surface area contributed by atoms with Gasteiger partial charge in [0.05, 0.1) is 5.92 Å². The summed E-state index contributed by atoms with van der Waals surface area (Å²) in [7, 11) is 0. The minimum atomic E-state index is 0.0729. The number of hydrogen-bond acceptors (Lipinski definition) is 3. The molecule has 2 heterocycles. The molecule has 0 N–H and O–H groups in total. The van der Waals surface area contributed by atoms with Gasteiger partial charge in [0, 0.05) is 19.0 Å². The number of rotatable bonds is 2. The standard InChI is InChI=1S/C22H27NO3/c24-22(23-11-3-4-12-23)21-17-6-2-1-5-15(17)7-9-18(21)16-8-10-19-20(13-16)26-14-25-19/h7-10,13,15,17-18,21H,1-6,11-12,14H2/t15-,17+,18-,21-/m1/s1. The molecule has 2 aliphatic carbocycles. The third kappa shape index (κ3) is 2.70. The van der Waals surface area contributed by atoms with Gasteiger partial charge in [-0.2, -0.15) is 0 Å². The van der Waals surface area contributed by atoms with Crippen molar-refractivity contribution in [1.29, 1.82) is 0 Å². The zero-order valence-corrected chi connectivity index (χ0v) is 15.2. The summed E-state index contributed by atoms with van der Waals surface area (Å²) in [4.78, 5) is 15.6. The molecule has 4 nitrogen and oxygen atoms in total. The maximum atomic E-state index is 13.5. The van der Waals surface area contributed by atoms with Crippen LogP contribution >= 0.6 is 0 Å². The van der Waals surface area contributed by atoms with Gasteiger partial charge in [0.15, 0.2) is 11.5 Å². The molecule has 0 aromatic heterocycles. The van der Waals surface area contributed by atoms with E-state index >= 15 is 0 Å². The highest BCUT2D eigenvalue weighted by Crippen LogP contribution is 2.48. The molecule has 26 heavy (non-hydrogen) atoms. The van der Waals surface area contributed by atoms with Gasteiger partial charge in [-0.1, -0.05) is 31.1 Å². The van der Waals surface area contributed by atoms with Gasteiger partial charge in [0.2, 0.25) is 12.7 Å². The minimum Gasteiger partial charge on any atom is -0.454 e. The van der Waals surface area contributed by atoms with E-state index in [4.69, 9.17) is 9.47 Å². The molecule has 1 saturated heterocycles. The lowest BCUT2D eigenvalue weighted by Crippen LogP contribution is -2.44. The number of carbonyl (C=O) groups is 1. The van der Waals surface area contributed by atoms with Crippen molar-refractivity contribution in [1.82, 2.24) is 4.90 Å².